The SMILES string of the molecule is CC(F)(c1ccc2c(c1)OCCCO2)C1CCCNC1. The third kappa shape index (κ3) is 2.62. The molecule has 3 rings (SSSR count). The Morgan fingerprint density at radius 3 is 2.75 bits per heavy atom. The zero-order valence-electron chi connectivity index (χ0n) is 12.0. The Balaban J connectivity index is 1.87. The molecule has 4 heteroatoms. The lowest BCUT2D eigenvalue weighted by Crippen LogP contribution is -2.40. The minimum atomic E-state index is -1.34. The molecule has 110 valence electrons. The first-order chi connectivity index (χ1) is 9.68. The van der Waals surface area contributed by atoms with E-state index in [1.54, 1.807) is 6.92 Å². The van der Waals surface area contributed by atoms with Crippen molar-refractivity contribution in [2.75, 3.05) is 26.3 Å². The molecule has 20 heavy (non-hydrogen) atoms. The molecule has 2 aliphatic heterocycles. The molecule has 1 saturated heterocycles. The Morgan fingerprint density at radius 2 is 2.00 bits per heavy atom. The number of piperidine rings is 1. The summed E-state index contributed by atoms with van der Waals surface area (Å²) in [4.78, 5) is 0. The van der Waals surface area contributed by atoms with Crippen LogP contribution in [0.25, 0.3) is 0 Å². The smallest absolute Gasteiger partial charge is 0.161 e. The molecule has 1 aromatic carbocycles. The lowest BCUT2D eigenvalue weighted by Gasteiger charge is -2.34. The van der Waals surface area contributed by atoms with Gasteiger partial charge in [-0.1, -0.05) is 6.07 Å². The third-order valence-electron chi connectivity index (χ3n) is 4.38. The van der Waals surface area contributed by atoms with Gasteiger partial charge in [0, 0.05) is 18.9 Å². The number of halogens is 1. The number of hydrogen-bond donors (Lipinski definition) is 1. The average molecular weight is 279 g/mol. The average Bonchev–Trinajstić information content (AvgIpc) is 2.72. The Kier molecular flexibility index (Phi) is 3.83. The second kappa shape index (κ2) is 5.60. The molecule has 0 aliphatic carbocycles. The molecular formula is C16H22FNO2. The lowest BCUT2D eigenvalue weighted by atomic mass is 9.80. The molecule has 1 fully saturated rings. The van der Waals surface area contributed by atoms with E-state index in [-0.39, 0.29) is 5.92 Å². The van der Waals surface area contributed by atoms with Gasteiger partial charge < -0.3 is 14.8 Å². The van der Waals surface area contributed by atoms with Crippen molar-refractivity contribution in [3.05, 3.63) is 23.8 Å². The minimum absolute atomic E-state index is 0.0148. The molecule has 2 heterocycles. The van der Waals surface area contributed by atoms with Crippen molar-refractivity contribution in [2.24, 2.45) is 5.92 Å². The quantitative estimate of drug-likeness (QED) is 0.902. The highest BCUT2D eigenvalue weighted by Crippen LogP contribution is 2.41. The van der Waals surface area contributed by atoms with Gasteiger partial charge in [0.1, 0.15) is 5.67 Å². The lowest BCUT2D eigenvalue weighted by molar-refractivity contribution is 0.0808. The standard InChI is InChI=1S/C16H22FNO2/c1-16(17,13-4-2-7-18-11-13)12-5-6-14-15(10-12)20-9-3-8-19-14/h5-6,10,13,18H,2-4,7-9,11H2,1H3. The Hall–Kier alpha value is -1.29. The van der Waals surface area contributed by atoms with Crippen molar-refractivity contribution in [1.82, 2.24) is 5.32 Å². The van der Waals surface area contributed by atoms with Crippen molar-refractivity contribution in [2.45, 2.75) is 31.9 Å². The third-order valence-corrected chi connectivity index (χ3v) is 4.38. The van der Waals surface area contributed by atoms with Gasteiger partial charge in [0.2, 0.25) is 0 Å². The number of benzene rings is 1. The number of hydrogen-bond acceptors (Lipinski definition) is 3. The highest BCUT2D eigenvalue weighted by Gasteiger charge is 2.37. The first-order valence-corrected chi connectivity index (χ1v) is 7.47. The largest absolute Gasteiger partial charge is 0.490 e. The molecule has 0 radical (unpaired) electrons. The van der Waals surface area contributed by atoms with Crippen LogP contribution < -0.4 is 14.8 Å². The normalized spacial score (nSPS) is 25.6. The maximum absolute atomic E-state index is 15.2. The van der Waals surface area contributed by atoms with Crippen LogP contribution in [-0.4, -0.2) is 26.3 Å². The van der Waals surface area contributed by atoms with Gasteiger partial charge in [-0.25, -0.2) is 4.39 Å². The van der Waals surface area contributed by atoms with Gasteiger partial charge in [-0.3, -0.25) is 0 Å². The molecule has 1 N–H and O–H groups in total. The van der Waals surface area contributed by atoms with E-state index < -0.39 is 5.67 Å². The summed E-state index contributed by atoms with van der Waals surface area (Å²) in [6.07, 6.45) is 2.83. The zero-order chi connectivity index (χ0) is 14.0. The van der Waals surface area contributed by atoms with Gasteiger partial charge in [0.05, 0.1) is 13.2 Å². The van der Waals surface area contributed by atoms with Crippen molar-refractivity contribution in [1.29, 1.82) is 0 Å². The van der Waals surface area contributed by atoms with Crippen LogP contribution in [0.3, 0.4) is 0 Å². The van der Waals surface area contributed by atoms with Crippen LogP contribution in [0.4, 0.5) is 4.39 Å². The summed E-state index contributed by atoms with van der Waals surface area (Å²) in [5.41, 5.74) is -0.645. The van der Waals surface area contributed by atoms with Crippen LogP contribution in [0.5, 0.6) is 11.5 Å². The van der Waals surface area contributed by atoms with E-state index in [2.05, 4.69) is 5.32 Å². The summed E-state index contributed by atoms with van der Waals surface area (Å²) in [5.74, 6) is 1.41. The van der Waals surface area contributed by atoms with E-state index in [1.165, 1.54) is 0 Å². The molecule has 0 amide bonds. The number of nitrogens with one attached hydrogen (secondary N) is 1. The number of alkyl halides is 1. The predicted molar refractivity (Wildman–Crippen MR) is 76.1 cm³/mol. The van der Waals surface area contributed by atoms with E-state index in [1.807, 2.05) is 18.2 Å². The highest BCUT2D eigenvalue weighted by molar-refractivity contribution is 5.45. The number of fused-ring (bicyclic) bond motifs is 1. The highest BCUT2D eigenvalue weighted by atomic mass is 19.1. The molecule has 0 spiro atoms. The van der Waals surface area contributed by atoms with Crippen LogP contribution in [-0.2, 0) is 5.67 Å². The fourth-order valence-corrected chi connectivity index (χ4v) is 3.02. The van der Waals surface area contributed by atoms with E-state index >= 15 is 4.39 Å². The van der Waals surface area contributed by atoms with Crippen molar-refractivity contribution >= 4 is 0 Å². The topological polar surface area (TPSA) is 30.5 Å². The first kappa shape index (κ1) is 13.7. The summed E-state index contributed by atoms with van der Waals surface area (Å²) in [6.45, 7) is 4.70. The predicted octanol–water partition coefficient (Wildman–Crippen LogP) is 3.03. The second-order valence-corrected chi connectivity index (χ2v) is 5.83. The Labute approximate surface area is 119 Å². The van der Waals surface area contributed by atoms with E-state index in [9.17, 15) is 0 Å². The zero-order valence-corrected chi connectivity index (χ0v) is 12.0. The number of ether oxygens (including phenoxy) is 2. The number of rotatable bonds is 2. The molecule has 1 aromatic rings. The van der Waals surface area contributed by atoms with Crippen LogP contribution in [0.15, 0.2) is 18.2 Å². The molecule has 2 aliphatic rings. The Morgan fingerprint density at radius 1 is 1.20 bits per heavy atom. The first-order valence-electron chi connectivity index (χ1n) is 7.47. The van der Waals surface area contributed by atoms with Gasteiger partial charge >= 0.3 is 0 Å². The van der Waals surface area contributed by atoms with E-state index in [0.29, 0.717) is 24.5 Å². The maximum Gasteiger partial charge on any atom is 0.161 e. The molecule has 3 nitrogen and oxygen atoms in total. The summed E-state index contributed by atoms with van der Waals surface area (Å²) >= 11 is 0. The van der Waals surface area contributed by atoms with Gasteiger partial charge in [-0.2, -0.15) is 0 Å². The summed E-state index contributed by atoms with van der Waals surface area (Å²) in [7, 11) is 0. The summed E-state index contributed by atoms with van der Waals surface area (Å²) in [5, 5.41) is 3.29. The molecule has 0 bridgehead atoms. The fraction of sp³-hybridized carbons (Fsp3) is 0.625. The van der Waals surface area contributed by atoms with Gasteiger partial charge in [-0.15, -0.1) is 0 Å². The van der Waals surface area contributed by atoms with Crippen LogP contribution in [0, 0.1) is 5.92 Å². The van der Waals surface area contributed by atoms with Gasteiger partial charge in [0.25, 0.3) is 0 Å². The molecule has 0 aromatic heterocycles. The fourth-order valence-electron chi connectivity index (χ4n) is 3.02. The monoisotopic (exact) mass is 279 g/mol. The molecule has 2 atom stereocenters. The van der Waals surface area contributed by atoms with Crippen molar-refractivity contribution in [3.8, 4) is 11.5 Å². The van der Waals surface area contributed by atoms with Gasteiger partial charge in [-0.05, 0) is 44.0 Å². The van der Waals surface area contributed by atoms with Crippen LogP contribution >= 0.6 is 0 Å². The molecule has 2 unspecified atom stereocenters. The molecule has 0 saturated carbocycles. The van der Waals surface area contributed by atoms with Gasteiger partial charge in [0.15, 0.2) is 11.5 Å². The molecular weight excluding hydrogens is 257 g/mol. The summed E-state index contributed by atoms with van der Waals surface area (Å²) in [6, 6.07) is 5.49. The maximum atomic E-state index is 15.2. The van der Waals surface area contributed by atoms with Crippen molar-refractivity contribution < 1.29 is 13.9 Å². The van der Waals surface area contributed by atoms with Crippen LogP contribution in [0.2, 0.25) is 0 Å². The van der Waals surface area contributed by atoms with E-state index in [0.717, 1.165) is 38.1 Å². The van der Waals surface area contributed by atoms with E-state index in [4.69, 9.17) is 9.47 Å². The summed E-state index contributed by atoms with van der Waals surface area (Å²) < 4.78 is 26.5. The minimum Gasteiger partial charge on any atom is -0.490 e. The van der Waals surface area contributed by atoms with Crippen LogP contribution in [0.1, 0.15) is 31.7 Å². The van der Waals surface area contributed by atoms with Crippen molar-refractivity contribution in [3.63, 3.8) is 0 Å². The second-order valence-electron chi connectivity index (χ2n) is 5.83. The Bertz CT molecular complexity index is 470.